The van der Waals surface area contributed by atoms with Crippen molar-refractivity contribution in [1.82, 2.24) is 0 Å². The molecule has 0 aliphatic heterocycles. The Balaban J connectivity index is 1.69. The lowest BCUT2D eigenvalue weighted by molar-refractivity contribution is 1.63. The van der Waals surface area contributed by atoms with Crippen LogP contribution < -0.4 is 0 Å². The number of hydrogen-bond donors (Lipinski definition) is 0. The summed E-state index contributed by atoms with van der Waals surface area (Å²) < 4.78 is 0. The van der Waals surface area contributed by atoms with Crippen molar-refractivity contribution in [3.63, 3.8) is 0 Å². The standard InChI is InChI=1S/C36H20/c1-3-7-21(8-4-1)29-27-19-17-25-15-13-23-11-12-24-14-16-26-18-20-28(30(29)22-9-5-2-6-10-22)36-34(26)32(24)31(23)33(25)35(27)36/h1-20H. The van der Waals surface area contributed by atoms with E-state index < -0.39 is 0 Å². The van der Waals surface area contributed by atoms with Gasteiger partial charge in [-0.3, -0.25) is 0 Å². The summed E-state index contributed by atoms with van der Waals surface area (Å²) in [7, 11) is 0. The Labute approximate surface area is 208 Å². The topological polar surface area (TPSA) is 0 Å². The van der Waals surface area contributed by atoms with Crippen LogP contribution in [0.4, 0.5) is 0 Å². The van der Waals surface area contributed by atoms with Crippen LogP contribution in [-0.2, 0) is 0 Å². The van der Waals surface area contributed by atoms with Gasteiger partial charge in [0.1, 0.15) is 0 Å². The van der Waals surface area contributed by atoms with Crippen LogP contribution in [0.5, 0.6) is 0 Å². The smallest absolute Gasteiger partial charge is 0.000718 e. The Morgan fingerprint density at radius 2 is 0.556 bits per heavy atom. The van der Waals surface area contributed by atoms with Gasteiger partial charge in [0.15, 0.2) is 0 Å². The van der Waals surface area contributed by atoms with Crippen molar-refractivity contribution in [2.75, 3.05) is 0 Å². The summed E-state index contributed by atoms with van der Waals surface area (Å²) in [6.45, 7) is 0. The molecule has 0 aromatic heterocycles. The summed E-state index contributed by atoms with van der Waals surface area (Å²) in [5, 5.41) is 16.4. The molecule has 0 spiro atoms. The molecule has 9 aromatic rings. The molecule has 164 valence electrons. The van der Waals surface area contributed by atoms with E-state index in [1.165, 1.54) is 86.9 Å². The highest BCUT2D eigenvalue weighted by molar-refractivity contribution is 6.46. The molecule has 0 saturated carbocycles. The fourth-order valence-corrected chi connectivity index (χ4v) is 6.88. The van der Waals surface area contributed by atoms with Crippen LogP contribution in [0.1, 0.15) is 0 Å². The lowest BCUT2D eigenvalue weighted by Gasteiger charge is -2.25. The van der Waals surface area contributed by atoms with E-state index in [-0.39, 0.29) is 0 Å². The molecular weight excluding hydrogens is 432 g/mol. The minimum Gasteiger partial charge on any atom is -0.0622 e. The molecule has 0 bridgehead atoms. The lowest BCUT2D eigenvalue weighted by Crippen LogP contribution is -1.97. The van der Waals surface area contributed by atoms with Crippen molar-refractivity contribution in [1.29, 1.82) is 0 Å². The number of hydrogen-bond acceptors (Lipinski definition) is 0. The molecule has 0 saturated heterocycles. The monoisotopic (exact) mass is 452 g/mol. The van der Waals surface area contributed by atoms with Crippen LogP contribution in [0.15, 0.2) is 121 Å². The second-order valence-corrected chi connectivity index (χ2v) is 10.0. The first-order valence-corrected chi connectivity index (χ1v) is 12.6. The highest BCUT2D eigenvalue weighted by Gasteiger charge is 2.25. The van der Waals surface area contributed by atoms with Crippen molar-refractivity contribution in [2.24, 2.45) is 0 Å². The number of benzene rings is 9. The molecule has 0 fully saturated rings. The third kappa shape index (κ3) is 2.16. The first-order valence-electron chi connectivity index (χ1n) is 12.6. The maximum atomic E-state index is 2.37. The van der Waals surface area contributed by atoms with E-state index in [0.29, 0.717) is 0 Å². The second-order valence-electron chi connectivity index (χ2n) is 10.0. The molecule has 9 rings (SSSR count). The zero-order chi connectivity index (χ0) is 23.4. The normalized spacial score (nSPS) is 12.4. The third-order valence-corrected chi connectivity index (χ3v) is 8.29. The molecule has 0 radical (unpaired) electrons. The highest BCUT2D eigenvalue weighted by Crippen LogP contribution is 2.53. The van der Waals surface area contributed by atoms with Gasteiger partial charge < -0.3 is 0 Å². The van der Waals surface area contributed by atoms with Gasteiger partial charge in [0.2, 0.25) is 0 Å². The van der Waals surface area contributed by atoms with E-state index in [1.807, 2.05) is 0 Å². The molecule has 0 aliphatic rings. The summed E-state index contributed by atoms with van der Waals surface area (Å²) >= 11 is 0. The quantitative estimate of drug-likeness (QED) is 0.181. The van der Waals surface area contributed by atoms with Gasteiger partial charge in [-0.1, -0.05) is 121 Å². The maximum absolute atomic E-state index is 2.37. The zero-order valence-corrected chi connectivity index (χ0v) is 19.5. The molecule has 0 heterocycles. The zero-order valence-electron chi connectivity index (χ0n) is 19.5. The van der Waals surface area contributed by atoms with Gasteiger partial charge in [-0.15, -0.1) is 0 Å². The first kappa shape index (κ1) is 18.6. The predicted octanol–water partition coefficient (Wildman–Crippen LogP) is 10.3. The Morgan fingerprint density at radius 3 is 0.917 bits per heavy atom. The van der Waals surface area contributed by atoms with Gasteiger partial charge >= 0.3 is 0 Å². The fourth-order valence-electron chi connectivity index (χ4n) is 6.88. The summed E-state index contributed by atoms with van der Waals surface area (Å²) in [4.78, 5) is 0. The van der Waals surface area contributed by atoms with Crippen LogP contribution in [0.2, 0.25) is 0 Å². The molecule has 36 heavy (non-hydrogen) atoms. The van der Waals surface area contributed by atoms with Crippen molar-refractivity contribution in [3.8, 4) is 22.3 Å². The SMILES string of the molecule is c1ccc(-c2c(-c3ccccc3)c3ccc4ccc5ccc6ccc7ccc2c2c7c6c5c4c32)cc1. The van der Waals surface area contributed by atoms with Crippen molar-refractivity contribution in [2.45, 2.75) is 0 Å². The molecule has 0 heteroatoms. The van der Waals surface area contributed by atoms with Gasteiger partial charge in [0.05, 0.1) is 0 Å². The van der Waals surface area contributed by atoms with Crippen molar-refractivity contribution in [3.05, 3.63) is 121 Å². The average Bonchev–Trinajstić information content (AvgIpc) is 2.96. The summed E-state index contributed by atoms with van der Waals surface area (Å²) in [5.74, 6) is 0. The minimum absolute atomic E-state index is 1.27. The molecule has 0 unspecified atom stereocenters. The third-order valence-electron chi connectivity index (χ3n) is 8.29. The van der Waals surface area contributed by atoms with E-state index in [2.05, 4.69) is 121 Å². The van der Waals surface area contributed by atoms with Crippen LogP contribution in [0.3, 0.4) is 0 Å². The van der Waals surface area contributed by atoms with E-state index in [9.17, 15) is 0 Å². The Morgan fingerprint density at radius 1 is 0.250 bits per heavy atom. The average molecular weight is 453 g/mol. The van der Waals surface area contributed by atoms with E-state index in [4.69, 9.17) is 0 Å². The molecule has 0 nitrogen and oxygen atoms in total. The lowest BCUT2D eigenvalue weighted by atomic mass is 9.78. The molecule has 0 atom stereocenters. The molecule has 0 aliphatic carbocycles. The second kappa shape index (κ2) is 6.50. The predicted molar refractivity (Wildman–Crippen MR) is 156 cm³/mol. The Bertz CT molecular complexity index is 2050. The van der Waals surface area contributed by atoms with Crippen molar-refractivity contribution >= 4 is 64.6 Å². The molecule has 0 amide bonds. The van der Waals surface area contributed by atoms with Gasteiger partial charge in [0, 0.05) is 0 Å². The van der Waals surface area contributed by atoms with Crippen LogP contribution in [0.25, 0.3) is 86.9 Å². The van der Waals surface area contributed by atoms with Crippen LogP contribution >= 0.6 is 0 Å². The number of rotatable bonds is 2. The van der Waals surface area contributed by atoms with E-state index in [0.717, 1.165) is 0 Å². The summed E-state index contributed by atoms with van der Waals surface area (Å²) in [5.41, 5.74) is 5.19. The molecular formula is C36H20. The van der Waals surface area contributed by atoms with E-state index >= 15 is 0 Å². The van der Waals surface area contributed by atoms with Gasteiger partial charge in [-0.25, -0.2) is 0 Å². The fraction of sp³-hybridized carbons (Fsp3) is 0. The van der Waals surface area contributed by atoms with Gasteiger partial charge in [0.25, 0.3) is 0 Å². The summed E-state index contributed by atoms with van der Waals surface area (Å²) in [6.07, 6.45) is 0. The highest BCUT2D eigenvalue weighted by atomic mass is 14.3. The molecule has 0 N–H and O–H groups in total. The molecule has 9 aromatic carbocycles. The van der Waals surface area contributed by atoms with Crippen LogP contribution in [0, 0.1) is 0 Å². The first-order chi connectivity index (χ1) is 17.9. The van der Waals surface area contributed by atoms with Crippen molar-refractivity contribution < 1.29 is 0 Å². The van der Waals surface area contributed by atoms with E-state index in [1.54, 1.807) is 0 Å². The van der Waals surface area contributed by atoms with Gasteiger partial charge in [-0.2, -0.15) is 0 Å². The maximum Gasteiger partial charge on any atom is -0.000718 e. The summed E-state index contributed by atoms with van der Waals surface area (Å²) in [6, 6.07) is 45.1. The minimum atomic E-state index is 1.27. The van der Waals surface area contributed by atoms with Crippen LogP contribution in [-0.4, -0.2) is 0 Å². The van der Waals surface area contributed by atoms with Gasteiger partial charge in [-0.05, 0) is 86.9 Å². The Kier molecular flexibility index (Phi) is 3.36. The Hall–Kier alpha value is -4.68. The largest absolute Gasteiger partial charge is 0.0622 e.